The first-order valence-corrected chi connectivity index (χ1v) is 8.71. The minimum absolute atomic E-state index is 0.270. The van der Waals surface area contributed by atoms with Crippen molar-refractivity contribution in [3.8, 4) is 5.75 Å². The summed E-state index contributed by atoms with van der Waals surface area (Å²) < 4.78 is 6.67. The van der Waals surface area contributed by atoms with Crippen LogP contribution < -0.4 is 10.2 Å². The highest BCUT2D eigenvalue weighted by Crippen LogP contribution is 2.24. The minimum Gasteiger partial charge on any atom is -0.488 e. The van der Waals surface area contributed by atoms with Gasteiger partial charge in [0.2, 0.25) is 0 Å². The maximum absolute atomic E-state index is 12.1. The Morgan fingerprint density at radius 1 is 1.08 bits per heavy atom. The summed E-state index contributed by atoms with van der Waals surface area (Å²) in [5.74, 6) is 0.508. The molecule has 5 nitrogen and oxygen atoms in total. The van der Waals surface area contributed by atoms with Crippen LogP contribution in [0.5, 0.6) is 5.75 Å². The van der Waals surface area contributed by atoms with Gasteiger partial charge in [-0.2, -0.15) is 5.10 Å². The van der Waals surface area contributed by atoms with Crippen molar-refractivity contribution in [1.82, 2.24) is 10.4 Å². The molecule has 2 aromatic carbocycles. The molecule has 0 unspecified atom stereocenters. The zero-order valence-electron chi connectivity index (χ0n) is 13.8. The number of rotatable bonds is 6. The number of pyridine rings is 1. The lowest BCUT2D eigenvalue weighted by Gasteiger charge is -2.08. The van der Waals surface area contributed by atoms with Crippen molar-refractivity contribution in [3.05, 3.63) is 94.2 Å². The number of hydrazone groups is 1. The maximum atomic E-state index is 12.1. The van der Waals surface area contributed by atoms with Crippen LogP contribution in [0.2, 0.25) is 0 Å². The molecule has 0 spiro atoms. The molecule has 3 rings (SSSR count). The molecule has 1 aromatic heterocycles. The molecule has 1 heterocycles. The van der Waals surface area contributed by atoms with Gasteiger partial charge in [-0.15, -0.1) is 0 Å². The number of hydrogen-bond acceptors (Lipinski definition) is 4. The van der Waals surface area contributed by atoms with Crippen LogP contribution in [0.1, 0.15) is 21.5 Å². The van der Waals surface area contributed by atoms with Gasteiger partial charge >= 0.3 is 0 Å². The van der Waals surface area contributed by atoms with E-state index in [2.05, 4.69) is 31.4 Å². The first kappa shape index (κ1) is 17.8. The fraction of sp³-hybridized carbons (Fsp3) is 0.0500. The quantitative estimate of drug-likeness (QED) is 0.490. The summed E-state index contributed by atoms with van der Waals surface area (Å²) in [6, 6.07) is 18.5. The van der Waals surface area contributed by atoms with Crippen molar-refractivity contribution in [2.45, 2.75) is 6.61 Å². The maximum Gasteiger partial charge on any atom is 0.271 e. The number of benzene rings is 2. The van der Waals surface area contributed by atoms with Crippen LogP contribution in [-0.2, 0) is 6.61 Å². The zero-order valence-corrected chi connectivity index (χ0v) is 15.4. The number of nitrogens with zero attached hydrogens (tertiary/aromatic N) is 2. The lowest BCUT2D eigenvalue weighted by atomic mass is 10.1. The molecule has 130 valence electrons. The highest BCUT2D eigenvalue weighted by molar-refractivity contribution is 9.10. The molecule has 0 saturated carbocycles. The van der Waals surface area contributed by atoms with Gasteiger partial charge in [0, 0.05) is 18.0 Å². The van der Waals surface area contributed by atoms with E-state index in [0.717, 1.165) is 21.3 Å². The molecule has 0 atom stereocenters. The molecule has 0 radical (unpaired) electrons. The van der Waals surface area contributed by atoms with Crippen LogP contribution in [-0.4, -0.2) is 17.1 Å². The molecule has 0 bridgehead atoms. The van der Waals surface area contributed by atoms with Gasteiger partial charge in [0.25, 0.3) is 5.91 Å². The van der Waals surface area contributed by atoms with Gasteiger partial charge in [0.1, 0.15) is 12.4 Å². The van der Waals surface area contributed by atoms with Crippen LogP contribution in [0.15, 0.2) is 82.6 Å². The first-order valence-electron chi connectivity index (χ1n) is 7.92. The first-order chi connectivity index (χ1) is 12.7. The van der Waals surface area contributed by atoms with E-state index in [9.17, 15) is 4.79 Å². The van der Waals surface area contributed by atoms with E-state index in [-0.39, 0.29) is 5.91 Å². The number of aromatic nitrogens is 1. The van der Waals surface area contributed by atoms with Crippen molar-refractivity contribution >= 4 is 28.1 Å². The molecule has 0 saturated heterocycles. The molecule has 0 aliphatic carbocycles. The largest absolute Gasteiger partial charge is 0.488 e. The molecular formula is C20H16BrN3O2. The summed E-state index contributed by atoms with van der Waals surface area (Å²) in [6.45, 7) is 0.421. The van der Waals surface area contributed by atoms with Crippen LogP contribution in [0.25, 0.3) is 0 Å². The molecule has 1 N–H and O–H groups in total. The van der Waals surface area contributed by atoms with Gasteiger partial charge in [-0.05, 0) is 63.5 Å². The second kappa shape index (κ2) is 8.92. The normalized spacial score (nSPS) is 10.7. The van der Waals surface area contributed by atoms with Crippen LogP contribution in [0.4, 0.5) is 0 Å². The number of amides is 1. The summed E-state index contributed by atoms with van der Waals surface area (Å²) in [6.07, 6.45) is 4.90. The van der Waals surface area contributed by atoms with Gasteiger partial charge in [0.05, 0.1) is 10.7 Å². The van der Waals surface area contributed by atoms with Crippen molar-refractivity contribution in [2.75, 3.05) is 0 Å². The predicted molar refractivity (Wildman–Crippen MR) is 104 cm³/mol. The van der Waals surface area contributed by atoms with E-state index in [1.807, 2.05) is 36.4 Å². The lowest BCUT2D eigenvalue weighted by molar-refractivity contribution is 0.0955. The Labute approximate surface area is 159 Å². The number of halogens is 1. The van der Waals surface area contributed by atoms with E-state index in [4.69, 9.17) is 4.74 Å². The Morgan fingerprint density at radius 2 is 1.81 bits per heavy atom. The minimum atomic E-state index is -0.270. The molecule has 1 amide bonds. The van der Waals surface area contributed by atoms with Gasteiger partial charge in [-0.3, -0.25) is 9.78 Å². The van der Waals surface area contributed by atoms with Gasteiger partial charge in [-0.25, -0.2) is 5.43 Å². The van der Waals surface area contributed by atoms with Crippen LogP contribution >= 0.6 is 15.9 Å². The zero-order chi connectivity index (χ0) is 18.2. The monoisotopic (exact) mass is 409 g/mol. The topological polar surface area (TPSA) is 63.6 Å². The summed E-state index contributed by atoms with van der Waals surface area (Å²) in [5, 5.41) is 3.94. The van der Waals surface area contributed by atoms with Crippen LogP contribution in [0, 0.1) is 0 Å². The Morgan fingerprint density at radius 3 is 2.54 bits per heavy atom. The average molecular weight is 410 g/mol. The molecule has 26 heavy (non-hydrogen) atoms. The summed E-state index contributed by atoms with van der Waals surface area (Å²) in [7, 11) is 0. The molecular weight excluding hydrogens is 394 g/mol. The van der Waals surface area contributed by atoms with E-state index < -0.39 is 0 Å². The van der Waals surface area contributed by atoms with Crippen molar-refractivity contribution in [1.29, 1.82) is 0 Å². The second-order valence-corrected chi connectivity index (χ2v) is 6.25. The lowest BCUT2D eigenvalue weighted by Crippen LogP contribution is -2.17. The third-order valence-corrected chi connectivity index (χ3v) is 4.19. The van der Waals surface area contributed by atoms with Crippen molar-refractivity contribution in [2.24, 2.45) is 5.10 Å². The van der Waals surface area contributed by atoms with Crippen molar-refractivity contribution < 1.29 is 9.53 Å². The highest BCUT2D eigenvalue weighted by Gasteiger charge is 2.05. The van der Waals surface area contributed by atoms with E-state index in [1.54, 1.807) is 42.9 Å². The number of hydrogen-bond donors (Lipinski definition) is 1. The second-order valence-electron chi connectivity index (χ2n) is 5.40. The number of nitrogens with one attached hydrogen (secondary N) is 1. The fourth-order valence-corrected chi connectivity index (χ4v) is 2.55. The van der Waals surface area contributed by atoms with E-state index in [0.29, 0.717) is 12.2 Å². The summed E-state index contributed by atoms with van der Waals surface area (Å²) in [4.78, 5) is 16.0. The van der Waals surface area contributed by atoms with Gasteiger partial charge in [0.15, 0.2) is 0 Å². The SMILES string of the molecule is O=C(N/N=C/c1ccncc1)c1ccc(COc2ccccc2Br)cc1. The Balaban J connectivity index is 1.54. The Kier molecular flexibility index (Phi) is 6.11. The number of carbonyl (C=O) groups is 1. The molecule has 6 heteroatoms. The predicted octanol–water partition coefficient (Wildman–Crippen LogP) is 4.19. The molecule has 0 aliphatic rings. The van der Waals surface area contributed by atoms with Crippen molar-refractivity contribution in [3.63, 3.8) is 0 Å². The highest BCUT2D eigenvalue weighted by atomic mass is 79.9. The Hall–Kier alpha value is -2.99. The number of ether oxygens (including phenoxy) is 1. The third kappa shape index (κ3) is 5.00. The fourth-order valence-electron chi connectivity index (χ4n) is 2.15. The van der Waals surface area contributed by atoms with Gasteiger partial charge in [-0.1, -0.05) is 24.3 Å². The van der Waals surface area contributed by atoms with E-state index in [1.165, 1.54) is 0 Å². The smallest absolute Gasteiger partial charge is 0.271 e. The summed E-state index contributed by atoms with van der Waals surface area (Å²) in [5.41, 5.74) is 4.87. The number of carbonyl (C=O) groups excluding carboxylic acids is 1. The molecule has 0 aliphatic heterocycles. The standard InChI is InChI=1S/C20H16BrN3O2/c21-18-3-1-2-4-19(18)26-14-16-5-7-17(8-6-16)20(25)24-23-13-15-9-11-22-12-10-15/h1-13H,14H2,(H,24,25)/b23-13+. The number of para-hydroxylation sites is 1. The van der Waals surface area contributed by atoms with Gasteiger partial charge < -0.3 is 4.74 Å². The summed E-state index contributed by atoms with van der Waals surface area (Å²) >= 11 is 3.45. The van der Waals surface area contributed by atoms with Crippen LogP contribution in [0.3, 0.4) is 0 Å². The Bertz CT molecular complexity index is 896. The van der Waals surface area contributed by atoms with E-state index >= 15 is 0 Å². The molecule has 0 fully saturated rings. The third-order valence-electron chi connectivity index (χ3n) is 3.53. The average Bonchev–Trinajstić information content (AvgIpc) is 2.68. The molecule has 3 aromatic rings.